The molecule has 0 aliphatic carbocycles. The van der Waals surface area contributed by atoms with Gasteiger partial charge >= 0.3 is 0 Å². The molecule has 0 bridgehead atoms. The summed E-state index contributed by atoms with van der Waals surface area (Å²) in [7, 11) is 1.77. The van der Waals surface area contributed by atoms with Crippen LogP contribution in [0.1, 0.15) is 29.3 Å². The van der Waals surface area contributed by atoms with E-state index in [1.54, 1.807) is 31.6 Å². The van der Waals surface area contributed by atoms with Crippen LogP contribution in [0.3, 0.4) is 0 Å². The number of pyridine rings is 1. The Morgan fingerprint density at radius 3 is 2.63 bits per heavy atom. The minimum atomic E-state index is -0.121. The van der Waals surface area contributed by atoms with Crippen LogP contribution in [0.15, 0.2) is 59.9 Å². The van der Waals surface area contributed by atoms with Gasteiger partial charge in [0.1, 0.15) is 0 Å². The maximum Gasteiger partial charge on any atom is 0.252 e. The Labute approximate surface area is 195 Å². The van der Waals surface area contributed by atoms with Crippen LogP contribution in [0, 0.1) is 0 Å². The molecule has 0 radical (unpaired) electrons. The molecule has 8 heteroatoms. The van der Waals surface area contributed by atoms with Gasteiger partial charge in [0.05, 0.1) is 5.56 Å². The van der Waals surface area contributed by atoms with E-state index in [0.717, 1.165) is 25.5 Å². The van der Waals surface area contributed by atoms with Crippen LogP contribution in [0.4, 0.5) is 0 Å². The zero-order valence-corrected chi connectivity index (χ0v) is 19.9. The van der Waals surface area contributed by atoms with Gasteiger partial charge in [0, 0.05) is 57.7 Å². The summed E-state index contributed by atoms with van der Waals surface area (Å²) in [5, 5.41) is 9.66. The second-order valence-corrected chi connectivity index (χ2v) is 7.34. The molecule has 1 fully saturated rings. The monoisotopic (exact) mass is 522 g/mol. The van der Waals surface area contributed by atoms with E-state index < -0.39 is 0 Å². The van der Waals surface area contributed by atoms with Crippen molar-refractivity contribution in [1.29, 1.82) is 0 Å². The number of guanidine groups is 1. The fraction of sp³-hybridized carbons (Fsp3) is 0.409. The van der Waals surface area contributed by atoms with Crippen molar-refractivity contribution in [3.8, 4) is 0 Å². The predicted octanol–water partition coefficient (Wildman–Crippen LogP) is 2.26. The summed E-state index contributed by atoms with van der Waals surface area (Å²) >= 11 is 0. The van der Waals surface area contributed by atoms with Crippen LogP contribution >= 0.6 is 24.0 Å². The van der Waals surface area contributed by atoms with Gasteiger partial charge in [-0.2, -0.15) is 0 Å². The highest BCUT2D eigenvalue weighted by molar-refractivity contribution is 14.0. The number of amides is 1. The molecule has 1 aliphatic heterocycles. The van der Waals surface area contributed by atoms with Crippen LogP contribution in [0.25, 0.3) is 0 Å². The summed E-state index contributed by atoms with van der Waals surface area (Å²) in [5.74, 6) is 0.642. The van der Waals surface area contributed by atoms with Gasteiger partial charge in [-0.25, -0.2) is 0 Å². The fourth-order valence-electron chi connectivity index (χ4n) is 3.59. The lowest BCUT2D eigenvalue weighted by Gasteiger charge is -2.21. The van der Waals surface area contributed by atoms with Crippen molar-refractivity contribution in [2.24, 2.45) is 4.99 Å². The number of carbonyl (C=O) groups excluding carboxylic acids is 1. The number of nitrogens with one attached hydrogen (secondary N) is 3. The molecule has 2 unspecified atom stereocenters. The third-order valence-corrected chi connectivity index (χ3v) is 5.12. The molecule has 2 atom stereocenters. The van der Waals surface area contributed by atoms with Crippen LogP contribution in [-0.4, -0.2) is 60.5 Å². The van der Waals surface area contributed by atoms with Gasteiger partial charge in [-0.15, -0.1) is 24.0 Å². The Morgan fingerprint density at radius 2 is 1.93 bits per heavy atom. The number of hydrogen-bond acceptors (Lipinski definition) is 4. The Morgan fingerprint density at radius 1 is 1.17 bits per heavy atom. The molecule has 0 spiro atoms. The summed E-state index contributed by atoms with van der Waals surface area (Å²) < 4.78 is 0. The number of hydrogen-bond donors (Lipinski definition) is 3. The van der Waals surface area contributed by atoms with Crippen molar-refractivity contribution in [3.05, 3.63) is 66.0 Å². The molecule has 30 heavy (non-hydrogen) atoms. The molecule has 0 saturated carbocycles. The zero-order valence-electron chi connectivity index (χ0n) is 17.5. The quantitative estimate of drug-likeness (QED) is 0.225. The first-order valence-corrected chi connectivity index (χ1v) is 10.1. The average Bonchev–Trinajstić information content (AvgIpc) is 3.10. The van der Waals surface area contributed by atoms with Crippen molar-refractivity contribution >= 4 is 35.8 Å². The topological polar surface area (TPSA) is 81.6 Å². The van der Waals surface area contributed by atoms with E-state index in [0.29, 0.717) is 30.7 Å². The third-order valence-electron chi connectivity index (χ3n) is 5.12. The number of aromatic nitrogens is 1. The van der Waals surface area contributed by atoms with E-state index in [9.17, 15) is 4.79 Å². The summed E-state index contributed by atoms with van der Waals surface area (Å²) in [6.07, 6.45) is 4.29. The van der Waals surface area contributed by atoms with Crippen molar-refractivity contribution in [2.45, 2.75) is 32.0 Å². The third kappa shape index (κ3) is 7.24. The molecule has 1 amide bonds. The van der Waals surface area contributed by atoms with Crippen LogP contribution in [0.5, 0.6) is 0 Å². The van der Waals surface area contributed by atoms with Gasteiger partial charge in [-0.3, -0.25) is 19.7 Å². The summed E-state index contributed by atoms with van der Waals surface area (Å²) in [6.45, 7) is 5.33. The lowest BCUT2D eigenvalue weighted by atomic mass is 10.2. The Hall–Kier alpha value is -2.20. The number of nitrogens with zero attached hydrogens (tertiary/aromatic N) is 3. The Balaban J connectivity index is 0.00000320. The van der Waals surface area contributed by atoms with Crippen LogP contribution in [-0.2, 0) is 6.54 Å². The molecular weight excluding hydrogens is 491 g/mol. The molecule has 2 aromatic rings. The summed E-state index contributed by atoms with van der Waals surface area (Å²) in [5.41, 5.74) is 1.90. The number of halogens is 1. The molecule has 1 aromatic carbocycles. The number of likely N-dealkylation sites (tertiary alicyclic amines) is 1. The molecule has 162 valence electrons. The van der Waals surface area contributed by atoms with E-state index in [2.05, 4.69) is 68.1 Å². The predicted molar refractivity (Wildman–Crippen MR) is 131 cm³/mol. The highest BCUT2D eigenvalue weighted by atomic mass is 127. The largest absolute Gasteiger partial charge is 0.355 e. The normalized spacial score (nSPS) is 19.1. The van der Waals surface area contributed by atoms with Gasteiger partial charge < -0.3 is 16.0 Å². The minimum Gasteiger partial charge on any atom is -0.355 e. The molecule has 3 rings (SSSR count). The van der Waals surface area contributed by atoms with E-state index in [1.165, 1.54) is 5.56 Å². The molecule has 1 aliphatic rings. The smallest absolute Gasteiger partial charge is 0.252 e. The second kappa shape index (κ2) is 12.5. The standard InChI is InChI=1S/C22H30N6O.HI/c1-17-13-20(16-28(17)15-18-7-4-3-5-8-18)27-22(23-2)26-12-11-25-21(29)19-9-6-10-24-14-19;/h3-10,14,17,20H,11-13,15-16H2,1-2H3,(H,25,29)(H2,23,26,27);1H. The molecule has 3 N–H and O–H groups in total. The first-order chi connectivity index (χ1) is 14.2. The number of carbonyl (C=O) groups is 1. The van der Waals surface area contributed by atoms with Gasteiger partial charge in [0.2, 0.25) is 0 Å². The van der Waals surface area contributed by atoms with Crippen LogP contribution < -0.4 is 16.0 Å². The molecule has 1 saturated heterocycles. The maximum absolute atomic E-state index is 12.0. The van der Waals surface area contributed by atoms with E-state index in [-0.39, 0.29) is 29.9 Å². The van der Waals surface area contributed by atoms with Crippen molar-refractivity contribution in [2.75, 3.05) is 26.7 Å². The van der Waals surface area contributed by atoms with Crippen molar-refractivity contribution < 1.29 is 4.79 Å². The number of benzene rings is 1. The number of rotatable bonds is 7. The Kier molecular flexibility index (Phi) is 10.0. The Bertz CT molecular complexity index is 802. The number of aliphatic imine (C=N–C) groups is 1. The van der Waals surface area contributed by atoms with Crippen molar-refractivity contribution in [1.82, 2.24) is 25.8 Å². The van der Waals surface area contributed by atoms with E-state index in [1.807, 2.05) is 0 Å². The van der Waals surface area contributed by atoms with Crippen LogP contribution in [0.2, 0.25) is 0 Å². The molecule has 1 aromatic heterocycles. The summed E-state index contributed by atoms with van der Waals surface area (Å²) in [6, 6.07) is 14.9. The van der Waals surface area contributed by atoms with E-state index >= 15 is 0 Å². The summed E-state index contributed by atoms with van der Waals surface area (Å²) in [4.78, 5) is 22.8. The first-order valence-electron chi connectivity index (χ1n) is 10.1. The van der Waals surface area contributed by atoms with Gasteiger partial charge in [-0.05, 0) is 31.0 Å². The second-order valence-electron chi connectivity index (χ2n) is 7.34. The average molecular weight is 522 g/mol. The highest BCUT2D eigenvalue weighted by Gasteiger charge is 2.29. The maximum atomic E-state index is 12.0. The minimum absolute atomic E-state index is 0. The molecule has 7 nitrogen and oxygen atoms in total. The van der Waals surface area contributed by atoms with E-state index in [4.69, 9.17) is 0 Å². The van der Waals surface area contributed by atoms with Gasteiger partial charge in [0.15, 0.2) is 5.96 Å². The van der Waals surface area contributed by atoms with Crippen molar-refractivity contribution in [3.63, 3.8) is 0 Å². The fourth-order valence-corrected chi connectivity index (χ4v) is 3.59. The van der Waals surface area contributed by atoms with Gasteiger partial charge in [0.25, 0.3) is 5.91 Å². The highest BCUT2D eigenvalue weighted by Crippen LogP contribution is 2.20. The zero-order chi connectivity index (χ0) is 20.5. The lowest BCUT2D eigenvalue weighted by molar-refractivity contribution is 0.0954. The first kappa shape index (κ1) is 24.1. The SMILES string of the molecule is CN=C(NCCNC(=O)c1cccnc1)NC1CC(C)N(Cc2ccccc2)C1.I. The molecular formula is C22H31IN6O. The van der Waals surface area contributed by atoms with Gasteiger partial charge in [-0.1, -0.05) is 30.3 Å². The lowest BCUT2D eigenvalue weighted by Crippen LogP contribution is -2.46. The molecule has 2 heterocycles.